The zero-order valence-electron chi connectivity index (χ0n) is 24.7. The molecule has 0 amide bonds. The van der Waals surface area contributed by atoms with Gasteiger partial charge in [-0.1, -0.05) is 71.7 Å². The van der Waals surface area contributed by atoms with Gasteiger partial charge < -0.3 is 14.7 Å². The lowest BCUT2D eigenvalue weighted by Gasteiger charge is -2.18. The summed E-state index contributed by atoms with van der Waals surface area (Å²) in [5.41, 5.74) is 3.07. The fourth-order valence-corrected chi connectivity index (χ4v) is 8.62. The first-order valence-corrected chi connectivity index (χ1v) is 16.7. The quantitative estimate of drug-likeness (QED) is 0.210. The average Bonchev–Trinajstić information content (AvgIpc) is 3.67. The minimum absolute atomic E-state index is 0.0345. The van der Waals surface area contributed by atoms with Crippen molar-refractivity contribution in [2.45, 2.75) is 14.7 Å². The molecule has 1 fully saturated rings. The molecule has 0 bridgehead atoms. The maximum absolute atomic E-state index is 13.8. The van der Waals surface area contributed by atoms with Crippen LogP contribution in [0.4, 0.5) is 17.1 Å². The van der Waals surface area contributed by atoms with Gasteiger partial charge in [0.15, 0.2) is 0 Å². The third kappa shape index (κ3) is 5.20. The van der Waals surface area contributed by atoms with Crippen LogP contribution in [0.25, 0.3) is 0 Å². The van der Waals surface area contributed by atoms with Crippen molar-refractivity contribution in [3.63, 3.8) is 0 Å². The minimum Gasteiger partial charge on any atom is -0.338 e. The molecule has 1 aliphatic carbocycles. The van der Waals surface area contributed by atoms with Crippen LogP contribution in [0.2, 0.25) is 0 Å². The number of nitrogens with zero attached hydrogens (tertiary/aromatic N) is 3. The monoisotopic (exact) mass is 645 g/mol. The Morgan fingerprint density at radius 3 is 0.956 bits per heavy atom. The molecular weight excluding hydrogens is 619 g/mol. The average molecular weight is 646 g/mol. The van der Waals surface area contributed by atoms with E-state index in [1.54, 1.807) is 71.7 Å². The van der Waals surface area contributed by atoms with Crippen LogP contribution in [-0.2, 0) is 14.4 Å². The van der Waals surface area contributed by atoms with Crippen molar-refractivity contribution in [3.8, 4) is 0 Å². The summed E-state index contributed by atoms with van der Waals surface area (Å²) in [5.74, 6) is -1.72. The van der Waals surface area contributed by atoms with E-state index < -0.39 is 17.3 Å². The highest BCUT2D eigenvalue weighted by Gasteiger charge is 2.38. The van der Waals surface area contributed by atoms with Crippen LogP contribution < -0.4 is 14.7 Å². The lowest BCUT2D eigenvalue weighted by Crippen LogP contribution is -2.31. The molecule has 0 atom stereocenters. The van der Waals surface area contributed by atoms with Crippen molar-refractivity contribution in [2.24, 2.45) is 0 Å². The molecule has 4 aliphatic rings. The molecular formula is C36H27N3O3S3. The number of hydrogen-bond acceptors (Lipinski definition) is 9. The number of thioether (sulfide) groups is 3. The van der Waals surface area contributed by atoms with Gasteiger partial charge in [-0.15, -0.1) is 0 Å². The van der Waals surface area contributed by atoms with Gasteiger partial charge in [0, 0.05) is 35.8 Å². The second kappa shape index (κ2) is 11.8. The number of anilines is 3. The summed E-state index contributed by atoms with van der Waals surface area (Å²) in [6.45, 7) is 0. The van der Waals surface area contributed by atoms with Crippen LogP contribution in [0.5, 0.6) is 0 Å². The molecule has 7 rings (SSSR count). The Balaban J connectivity index is 1.27. The summed E-state index contributed by atoms with van der Waals surface area (Å²) in [7, 11) is 5.86. The Labute approximate surface area is 274 Å². The minimum atomic E-state index is -0.574. The molecule has 3 aromatic carbocycles. The van der Waals surface area contributed by atoms with Crippen LogP contribution in [-0.4, -0.2) is 38.5 Å². The molecule has 3 aromatic rings. The van der Waals surface area contributed by atoms with Crippen LogP contribution in [0.3, 0.4) is 0 Å². The summed E-state index contributed by atoms with van der Waals surface area (Å²) < 4.78 is 0. The lowest BCUT2D eigenvalue weighted by molar-refractivity contribution is -0.124. The van der Waals surface area contributed by atoms with Gasteiger partial charge >= 0.3 is 0 Å². The van der Waals surface area contributed by atoms with Crippen molar-refractivity contribution < 1.29 is 14.4 Å². The molecule has 1 saturated carbocycles. The maximum Gasteiger partial charge on any atom is 0.200 e. The maximum atomic E-state index is 13.8. The standard InChI is InChI=1S/C36H27N3O3S3/c1-37-25-10-4-7-13-28(25)43-31(37)19-16-22-34(40)23(17-20-32-38(2)26-11-5-8-14-29(26)44-32)36(42)24(35(22)41)18-21-33-39(3)27-12-6-9-15-30(27)45-33/h4-21H,1-3H3/b22-16?,23-17?,24-18?,31-19-,32-20-,33-21-. The van der Waals surface area contributed by atoms with Crippen LogP contribution in [0.1, 0.15) is 0 Å². The Morgan fingerprint density at radius 1 is 0.422 bits per heavy atom. The third-order valence-corrected chi connectivity index (χ3v) is 11.5. The van der Waals surface area contributed by atoms with Crippen LogP contribution in [0.15, 0.2) is 156 Å². The van der Waals surface area contributed by atoms with E-state index in [0.717, 1.165) is 46.8 Å². The molecule has 0 saturated heterocycles. The fraction of sp³-hybridized carbons (Fsp3) is 0.0833. The van der Waals surface area contributed by atoms with E-state index in [0.29, 0.717) is 0 Å². The van der Waals surface area contributed by atoms with E-state index in [1.165, 1.54) is 0 Å². The molecule has 3 aliphatic heterocycles. The Morgan fingerprint density at radius 2 is 0.689 bits per heavy atom. The number of Topliss-reactive ketones (excluding diaryl/α,β-unsaturated/α-hetero) is 3. The van der Waals surface area contributed by atoms with Crippen LogP contribution in [0, 0.1) is 0 Å². The second-order valence-electron chi connectivity index (χ2n) is 10.6. The Bertz CT molecular complexity index is 1750. The molecule has 0 aromatic heterocycles. The second-order valence-corrected chi connectivity index (χ2v) is 13.8. The molecule has 0 unspecified atom stereocenters. The number of para-hydroxylation sites is 3. The number of carbonyl (C=O) groups is 3. The van der Waals surface area contributed by atoms with Crippen molar-refractivity contribution in [3.05, 3.63) is 141 Å². The summed E-state index contributed by atoms with van der Waals surface area (Å²) >= 11 is 4.70. The van der Waals surface area contributed by atoms with E-state index in [4.69, 9.17) is 0 Å². The molecule has 222 valence electrons. The van der Waals surface area contributed by atoms with Gasteiger partial charge in [0.25, 0.3) is 0 Å². The highest BCUT2D eigenvalue weighted by atomic mass is 32.2. The highest BCUT2D eigenvalue weighted by Crippen LogP contribution is 2.47. The topological polar surface area (TPSA) is 60.9 Å². The summed E-state index contributed by atoms with van der Waals surface area (Å²) in [6.07, 6.45) is 10.0. The number of benzene rings is 3. The van der Waals surface area contributed by atoms with Gasteiger partial charge in [0.05, 0.1) is 48.9 Å². The number of ketones is 3. The summed E-state index contributed by atoms with van der Waals surface area (Å²) in [4.78, 5) is 50.9. The number of carbonyl (C=O) groups excluding carboxylic acids is 3. The highest BCUT2D eigenvalue weighted by molar-refractivity contribution is 8.04. The lowest BCUT2D eigenvalue weighted by atomic mass is 9.82. The van der Waals surface area contributed by atoms with Crippen molar-refractivity contribution in [2.75, 3.05) is 35.8 Å². The first kappa shape index (κ1) is 29.3. The molecule has 9 heteroatoms. The molecule has 0 spiro atoms. The first-order valence-electron chi connectivity index (χ1n) is 14.2. The number of rotatable bonds is 3. The third-order valence-electron chi connectivity index (χ3n) is 7.96. The predicted molar refractivity (Wildman–Crippen MR) is 186 cm³/mol. The van der Waals surface area contributed by atoms with Crippen molar-refractivity contribution in [1.82, 2.24) is 0 Å². The van der Waals surface area contributed by atoms with Crippen LogP contribution >= 0.6 is 35.3 Å². The number of hydrogen-bond donors (Lipinski definition) is 0. The molecule has 0 radical (unpaired) electrons. The van der Waals surface area contributed by atoms with Gasteiger partial charge in [-0.25, -0.2) is 0 Å². The number of allylic oxidation sites excluding steroid dienone is 9. The van der Waals surface area contributed by atoms with Gasteiger partial charge in [-0.05, 0) is 72.9 Å². The first-order chi connectivity index (χ1) is 21.8. The van der Waals surface area contributed by atoms with E-state index in [2.05, 4.69) is 0 Å². The van der Waals surface area contributed by atoms with E-state index in [1.807, 2.05) is 109 Å². The normalized spacial score (nSPS) is 20.1. The molecule has 0 N–H and O–H groups in total. The SMILES string of the molecule is CN1/C(=C/C=C2C(=O)C(=C/C=C3\Sc4ccccc4N3C)C(=O)C(=C/C=C3\Sc4ccccc4N3C)C2=O)Sc2ccccc21. The van der Waals surface area contributed by atoms with Gasteiger partial charge in [0.1, 0.15) is 0 Å². The molecule has 3 heterocycles. The zero-order chi connectivity index (χ0) is 31.2. The Hall–Kier alpha value is -4.44. The zero-order valence-corrected chi connectivity index (χ0v) is 27.1. The smallest absolute Gasteiger partial charge is 0.200 e. The predicted octanol–water partition coefficient (Wildman–Crippen LogP) is 7.74. The summed E-state index contributed by atoms with van der Waals surface area (Å²) in [5, 5.41) is 2.64. The van der Waals surface area contributed by atoms with Gasteiger partial charge in [0.2, 0.25) is 17.3 Å². The van der Waals surface area contributed by atoms with Crippen molar-refractivity contribution >= 4 is 69.7 Å². The van der Waals surface area contributed by atoms with E-state index in [9.17, 15) is 14.4 Å². The summed E-state index contributed by atoms with van der Waals surface area (Å²) in [6, 6.07) is 24.1. The van der Waals surface area contributed by atoms with E-state index in [-0.39, 0.29) is 16.7 Å². The molecule has 6 nitrogen and oxygen atoms in total. The number of fused-ring (bicyclic) bond motifs is 3. The molecule has 45 heavy (non-hydrogen) atoms. The largest absolute Gasteiger partial charge is 0.338 e. The van der Waals surface area contributed by atoms with Crippen molar-refractivity contribution in [1.29, 1.82) is 0 Å². The van der Waals surface area contributed by atoms with Gasteiger partial charge in [-0.3, -0.25) is 14.4 Å². The Kier molecular flexibility index (Phi) is 7.69. The fourth-order valence-electron chi connectivity index (χ4n) is 5.46. The van der Waals surface area contributed by atoms with E-state index >= 15 is 0 Å². The van der Waals surface area contributed by atoms with Gasteiger partial charge in [-0.2, -0.15) is 0 Å².